The van der Waals surface area contributed by atoms with Crippen LogP contribution < -0.4 is 5.32 Å². The van der Waals surface area contributed by atoms with Crippen LogP contribution >= 0.6 is 24.0 Å². The smallest absolute Gasteiger partial charge is 0.289 e. The summed E-state index contributed by atoms with van der Waals surface area (Å²) in [5, 5.41) is 2.44. The van der Waals surface area contributed by atoms with E-state index < -0.39 is 0 Å². The maximum Gasteiger partial charge on any atom is 0.289 e. The Morgan fingerprint density at radius 2 is 1.91 bits per heavy atom. The van der Waals surface area contributed by atoms with E-state index in [1.807, 2.05) is 12.1 Å². The SMILES string of the molecule is CC(C)c1ccc(-c2ccc(C=C3SC(=O)NC3=S)o2)cc1. The Bertz CT molecular complexity index is 757. The molecule has 0 unspecified atom stereocenters. The molecular formula is C17H15NO2S2. The predicted octanol–water partition coefficient (Wildman–Crippen LogP) is 5.19. The molecule has 0 saturated carbocycles. The Morgan fingerprint density at radius 1 is 1.18 bits per heavy atom. The van der Waals surface area contributed by atoms with Gasteiger partial charge in [0.2, 0.25) is 0 Å². The van der Waals surface area contributed by atoms with Gasteiger partial charge in [-0.1, -0.05) is 50.3 Å². The first-order valence-electron chi connectivity index (χ1n) is 6.98. The summed E-state index contributed by atoms with van der Waals surface area (Å²) in [6, 6.07) is 12.2. The highest BCUT2D eigenvalue weighted by Crippen LogP contribution is 2.29. The molecule has 1 fully saturated rings. The quantitative estimate of drug-likeness (QED) is 0.621. The zero-order chi connectivity index (χ0) is 15.7. The molecule has 3 nitrogen and oxygen atoms in total. The topological polar surface area (TPSA) is 42.2 Å². The molecule has 2 aromatic rings. The summed E-state index contributed by atoms with van der Waals surface area (Å²) in [6.45, 7) is 4.34. The van der Waals surface area contributed by atoms with Crippen LogP contribution in [-0.2, 0) is 0 Å². The van der Waals surface area contributed by atoms with Gasteiger partial charge in [0.25, 0.3) is 5.24 Å². The van der Waals surface area contributed by atoms with E-state index in [-0.39, 0.29) is 5.24 Å². The third-order valence-corrected chi connectivity index (χ3v) is 4.68. The summed E-state index contributed by atoms with van der Waals surface area (Å²) < 4.78 is 5.83. The van der Waals surface area contributed by atoms with Gasteiger partial charge in [0.15, 0.2) is 0 Å². The summed E-state index contributed by atoms with van der Waals surface area (Å²) in [4.78, 5) is 12.4. The number of carbonyl (C=O) groups excluding carboxylic acids is 1. The average molecular weight is 329 g/mol. The molecule has 1 aliphatic heterocycles. The lowest BCUT2D eigenvalue weighted by atomic mass is 10.0. The lowest BCUT2D eigenvalue weighted by Crippen LogP contribution is -2.15. The standard InChI is InChI=1S/C17H15NO2S2/c1-10(2)11-3-5-12(6-4-11)14-8-7-13(20-14)9-15-16(21)18-17(19)22-15/h3-10H,1-2H3,(H,18,19,21). The molecule has 22 heavy (non-hydrogen) atoms. The van der Waals surface area contributed by atoms with Crippen LogP contribution in [0, 0.1) is 0 Å². The van der Waals surface area contributed by atoms with Crippen molar-refractivity contribution in [2.24, 2.45) is 0 Å². The highest BCUT2D eigenvalue weighted by molar-refractivity contribution is 8.19. The van der Waals surface area contributed by atoms with E-state index in [9.17, 15) is 4.79 Å². The second-order valence-corrected chi connectivity index (χ2v) is 6.75. The third-order valence-electron chi connectivity index (χ3n) is 3.40. The summed E-state index contributed by atoms with van der Waals surface area (Å²) >= 11 is 6.18. The Hall–Kier alpha value is -1.85. The van der Waals surface area contributed by atoms with Crippen LogP contribution in [0.5, 0.6) is 0 Å². The average Bonchev–Trinajstić information content (AvgIpc) is 3.06. The highest BCUT2D eigenvalue weighted by atomic mass is 32.2. The molecule has 0 spiro atoms. The number of benzene rings is 1. The van der Waals surface area contributed by atoms with Gasteiger partial charge < -0.3 is 9.73 Å². The van der Waals surface area contributed by atoms with E-state index in [1.54, 1.807) is 6.08 Å². The minimum absolute atomic E-state index is 0.146. The molecule has 1 aromatic heterocycles. The number of thioether (sulfide) groups is 1. The number of carbonyl (C=O) groups is 1. The van der Waals surface area contributed by atoms with Crippen molar-refractivity contribution in [1.29, 1.82) is 0 Å². The van der Waals surface area contributed by atoms with E-state index >= 15 is 0 Å². The molecule has 1 aliphatic rings. The van der Waals surface area contributed by atoms with Gasteiger partial charge >= 0.3 is 0 Å². The van der Waals surface area contributed by atoms with Crippen molar-refractivity contribution < 1.29 is 9.21 Å². The summed E-state index contributed by atoms with van der Waals surface area (Å²) in [7, 11) is 0. The zero-order valence-corrected chi connectivity index (χ0v) is 13.9. The third kappa shape index (κ3) is 3.15. The van der Waals surface area contributed by atoms with Gasteiger partial charge in [0.05, 0.1) is 4.91 Å². The van der Waals surface area contributed by atoms with Crippen LogP contribution in [0.15, 0.2) is 45.7 Å². The molecule has 2 heterocycles. The molecule has 112 valence electrons. The monoisotopic (exact) mass is 329 g/mol. The fourth-order valence-electron chi connectivity index (χ4n) is 2.17. The number of nitrogens with one attached hydrogen (secondary N) is 1. The van der Waals surface area contributed by atoms with E-state index in [0.717, 1.165) is 28.0 Å². The minimum Gasteiger partial charge on any atom is -0.457 e. The maximum absolute atomic E-state index is 11.3. The van der Waals surface area contributed by atoms with Gasteiger partial charge in [-0.3, -0.25) is 4.79 Å². The van der Waals surface area contributed by atoms with E-state index in [2.05, 4.69) is 43.4 Å². The van der Waals surface area contributed by atoms with Crippen molar-refractivity contribution in [1.82, 2.24) is 5.32 Å². The first-order valence-corrected chi connectivity index (χ1v) is 8.20. The molecule has 0 aliphatic carbocycles. The molecule has 0 radical (unpaired) electrons. The second kappa shape index (κ2) is 6.10. The van der Waals surface area contributed by atoms with Crippen molar-refractivity contribution in [3.05, 3.63) is 52.6 Å². The van der Waals surface area contributed by atoms with E-state index in [1.165, 1.54) is 5.56 Å². The molecule has 1 saturated heterocycles. The Kier molecular flexibility index (Phi) is 4.18. The van der Waals surface area contributed by atoms with Gasteiger partial charge in [-0.05, 0) is 41.5 Å². The Labute approximate surface area is 138 Å². The van der Waals surface area contributed by atoms with E-state index in [4.69, 9.17) is 16.6 Å². The molecule has 3 rings (SSSR count). The van der Waals surface area contributed by atoms with Crippen molar-refractivity contribution in [2.45, 2.75) is 19.8 Å². The van der Waals surface area contributed by atoms with Crippen LogP contribution in [0.3, 0.4) is 0 Å². The summed E-state index contributed by atoms with van der Waals surface area (Å²) in [5.74, 6) is 2.00. The number of furan rings is 1. The summed E-state index contributed by atoms with van der Waals surface area (Å²) in [5.41, 5.74) is 2.33. The number of amides is 1. The number of hydrogen-bond acceptors (Lipinski definition) is 4. The number of hydrogen-bond donors (Lipinski definition) is 1. The first kappa shape index (κ1) is 15.1. The lowest BCUT2D eigenvalue weighted by molar-refractivity contribution is 0.265. The van der Waals surface area contributed by atoms with Gasteiger partial charge in [-0.2, -0.15) is 0 Å². The van der Waals surface area contributed by atoms with Crippen molar-refractivity contribution >= 4 is 40.3 Å². The van der Waals surface area contributed by atoms with Gasteiger partial charge in [0, 0.05) is 5.56 Å². The Morgan fingerprint density at radius 3 is 2.50 bits per heavy atom. The minimum atomic E-state index is -0.146. The van der Waals surface area contributed by atoms with Crippen molar-refractivity contribution in [3.8, 4) is 11.3 Å². The second-order valence-electron chi connectivity index (χ2n) is 5.33. The van der Waals surface area contributed by atoms with Crippen LogP contribution in [0.25, 0.3) is 17.4 Å². The van der Waals surface area contributed by atoms with Gasteiger partial charge in [0.1, 0.15) is 16.5 Å². The molecule has 0 bridgehead atoms. The van der Waals surface area contributed by atoms with Gasteiger partial charge in [-0.15, -0.1) is 0 Å². The van der Waals surface area contributed by atoms with Crippen LogP contribution in [0.1, 0.15) is 31.1 Å². The highest BCUT2D eigenvalue weighted by Gasteiger charge is 2.22. The van der Waals surface area contributed by atoms with Crippen LogP contribution in [0.2, 0.25) is 0 Å². The van der Waals surface area contributed by atoms with Gasteiger partial charge in [-0.25, -0.2) is 0 Å². The molecular weight excluding hydrogens is 314 g/mol. The Balaban J connectivity index is 1.83. The van der Waals surface area contributed by atoms with E-state index in [0.29, 0.717) is 16.7 Å². The first-order chi connectivity index (χ1) is 10.5. The number of thiocarbonyl (C=S) groups is 1. The molecule has 0 atom stereocenters. The fraction of sp³-hybridized carbons (Fsp3) is 0.176. The fourth-order valence-corrected chi connectivity index (χ4v) is 3.18. The molecule has 5 heteroatoms. The largest absolute Gasteiger partial charge is 0.457 e. The van der Waals surface area contributed by atoms with Crippen LogP contribution in [0.4, 0.5) is 4.79 Å². The van der Waals surface area contributed by atoms with Crippen molar-refractivity contribution in [3.63, 3.8) is 0 Å². The maximum atomic E-state index is 11.3. The zero-order valence-electron chi connectivity index (χ0n) is 12.3. The number of rotatable bonds is 3. The molecule has 1 amide bonds. The molecule has 1 aromatic carbocycles. The lowest BCUT2D eigenvalue weighted by Gasteiger charge is -2.05. The van der Waals surface area contributed by atoms with Crippen LogP contribution in [-0.4, -0.2) is 10.2 Å². The molecule has 1 N–H and O–H groups in total. The normalized spacial score (nSPS) is 16.6. The summed E-state index contributed by atoms with van der Waals surface area (Å²) in [6.07, 6.45) is 1.79. The van der Waals surface area contributed by atoms with Crippen molar-refractivity contribution in [2.75, 3.05) is 0 Å². The predicted molar refractivity (Wildman–Crippen MR) is 94.9 cm³/mol.